The van der Waals surface area contributed by atoms with Crippen molar-refractivity contribution in [2.75, 3.05) is 11.5 Å². The predicted octanol–water partition coefficient (Wildman–Crippen LogP) is 5.21. The number of rotatable bonds is 8. The van der Waals surface area contributed by atoms with Crippen molar-refractivity contribution in [3.63, 3.8) is 0 Å². The zero-order valence-electron chi connectivity index (χ0n) is 15.2. The van der Waals surface area contributed by atoms with E-state index < -0.39 is 54.7 Å². The van der Waals surface area contributed by atoms with Crippen LogP contribution in [0.5, 0.6) is 0 Å². The molecule has 2 rings (SSSR count). The van der Waals surface area contributed by atoms with Gasteiger partial charge in [0, 0.05) is 11.0 Å². The fourth-order valence-corrected chi connectivity index (χ4v) is 9.02. The number of alkyl halides is 9. The van der Waals surface area contributed by atoms with Gasteiger partial charge >= 0.3 is 33.4 Å². The number of aldehydes is 1. The van der Waals surface area contributed by atoms with Gasteiger partial charge in [-0.25, -0.2) is 3.63 Å². The van der Waals surface area contributed by atoms with Crippen molar-refractivity contribution in [2.45, 2.75) is 41.4 Å². The quantitative estimate of drug-likeness (QED) is 0.359. The van der Waals surface area contributed by atoms with Gasteiger partial charge in [0.1, 0.15) is 6.29 Å². The van der Waals surface area contributed by atoms with Crippen molar-refractivity contribution >= 4 is 26.7 Å². The topological polar surface area (TPSA) is 60.4 Å². The van der Waals surface area contributed by atoms with Gasteiger partial charge in [-0.2, -0.15) is 47.9 Å². The molecule has 0 saturated carbocycles. The fourth-order valence-electron chi connectivity index (χ4n) is 3.12. The summed E-state index contributed by atoms with van der Waals surface area (Å²) in [6.45, 7) is 0. The van der Waals surface area contributed by atoms with Crippen LogP contribution in [0.1, 0.15) is 23.7 Å². The minimum Gasteiger partial charge on any atom is -0.302 e. The molecule has 0 bridgehead atoms. The highest BCUT2D eigenvalue weighted by molar-refractivity contribution is 8.33. The third kappa shape index (κ3) is 4.15. The second kappa shape index (κ2) is 8.14. The molecule has 0 aromatic heterocycles. The van der Waals surface area contributed by atoms with Gasteiger partial charge in [0.2, 0.25) is 0 Å². The molecule has 1 heterocycles. The van der Waals surface area contributed by atoms with E-state index in [1.54, 1.807) is 6.07 Å². The number of hydrogen-bond acceptors (Lipinski definition) is 4. The lowest BCUT2D eigenvalue weighted by molar-refractivity contribution is -0.382. The van der Waals surface area contributed by atoms with Gasteiger partial charge in [-0.3, -0.25) is 0 Å². The van der Waals surface area contributed by atoms with Crippen molar-refractivity contribution in [1.82, 2.24) is 0 Å². The summed E-state index contributed by atoms with van der Waals surface area (Å²) < 4.78 is 147. The first-order valence-corrected chi connectivity index (χ1v) is 11.8. The summed E-state index contributed by atoms with van der Waals surface area (Å²) in [7, 11) is -10.5. The van der Waals surface area contributed by atoms with Crippen molar-refractivity contribution in [2.24, 2.45) is 0 Å². The molecule has 1 saturated heterocycles. The highest BCUT2D eigenvalue weighted by Gasteiger charge is 2.86. The highest BCUT2D eigenvalue weighted by atomic mass is 32.3. The fraction of sp³-hybridized carbons (Fsp3) is 0.562. The second-order valence-electron chi connectivity index (χ2n) is 6.63. The van der Waals surface area contributed by atoms with Crippen LogP contribution in [-0.4, -0.2) is 49.5 Å². The Labute approximate surface area is 172 Å². The van der Waals surface area contributed by atoms with Crippen LogP contribution in [0.3, 0.4) is 0 Å². The minimum absolute atomic E-state index is 0.0867. The third-order valence-corrected chi connectivity index (χ3v) is 10.6. The van der Waals surface area contributed by atoms with Crippen LogP contribution in [0.25, 0.3) is 0 Å². The zero-order valence-corrected chi connectivity index (χ0v) is 16.9. The summed E-state index contributed by atoms with van der Waals surface area (Å²) in [6, 6.07) is 7.33. The Morgan fingerprint density at radius 1 is 0.968 bits per heavy atom. The largest absolute Gasteiger partial charge is 0.460 e. The number of halogens is 9. The molecule has 2 atom stereocenters. The van der Waals surface area contributed by atoms with Crippen molar-refractivity contribution in [1.29, 1.82) is 0 Å². The Balaban J connectivity index is 2.53. The average molecular weight is 506 g/mol. The molecule has 0 spiro atoms. The number of carbonyl (C=O) groups excluding carboxylic acids is 1. The van der Waals surface area contributed by atoms with Crippen LogP contribution in [0.4, 0.5) is 39.5 Å². The van der Waals surface area contributed by atoms with Gasteiger partial charge in [0.15, 0.2) is 0 Å². The second-order valence-corrected chi connectivity index (χ2v) is 11.6. The first kappa shape index (κ1) is 25.8. The van der Waals surface area contributed by atoms with Crippen molar-refractivity contribution in [3.8, 4) is 0 Å². The van der Waals surface area contributed by atoms with Gasteiger partial charge in [0.25, 0.3) is 0 Å². The number of hydrogen-bond donors (Lipinski definition) is 0. The third-order valence-electron chi connectivity index (χ3n) is 4.65. The number of benzene rings is 1. The molecule has 178 valence electrons. The van der Waals surface area contributed by atoms with E-state index in [2.05, 4.69) is 3.63 Å². The van der Waals surface area contributed by atoms with E-state index in [0.29, 0.717) is 5.56 Å². The van der Waals surface area contributed by atoms with Crippen LogP contribution in [0.15, 0.2) is 30.3 Å². The molecule has 15 heteroatoms. The van der Waals surface area contributed by atoms with E-state index in [1.165, 1.54) is 24.3 Å². The molecule has 4 nitrogen and oxygen atoms in total. The molecule has 1 aromatic carbocycles. The smallest absolute Gasteiger partial charge is 0.302 e. The van der Waals surface area contributed by atoms with Gasteiger partial charge in [0.05, 0.1) is 5.75 Å². The normalized spacial score (nSPS) is 25.8. The summed E-state index contributed by atoms with van der Waals surface area (Å²) in [6.07, 6.45) is -6.89. The Kier molecular flexibility index (Phi) is 6.77. The summed E-state index contributed by atoms with van der Waals surface area (Å²) in [5.74, 6) is -16.0. The van der Waals surface area contributed by atoms with Crippen LogP contribution >= 0.6 is 10.3 Å². The summed E-state index contributed by atoms with van der Waals surface area (Å²) in [5.41, 5.74) is 0.308. The van der Waals surface area contributed by atoms with E-state index >= 15 is 0 Å². The lowest BCUT2D eigenvalue weighted by atomic mass is 10.1. The Bertz CT molecular complexity index is 903. The Hall–Kier alpha value is -1.48. The lowest BCUT2D eigenvalue weighted by Gasteiger charge is -2.41. The van der Waals surface area contributed by atoms with Gasteiger partial charge < -0.3 is 4.79 Å². The molecular formula is C16H15F9O4S2. The van der Waals surface area contributed by atoms with Gasteiger partial charge in [-0.05, 0) is 18.4 Å². The van der Waals surface area contributed by atoms with E-state index in [0.717, 1.165) is 0 Å². The summed E-state index contributed by atoms with van der Waals surface area (Å²) in [5, 5.41) is -7.98. The molecule has 31 heavy (non-hydrogen) atoms. The maximum Gasteiger partial charge on any atom is 0.460 e. The van der Waals surface area contributed by atoms with Gasteiger partial charge in [-0.1, -0.05) is 30.3 Å². The van der Waals surface area contributed by atoms with Crippen molar-refractivity contribution < 1.29 is 56.4 Å². The average Bonchev–Trinajstić information content (AvgIpc) is 3.03. The zero-order chi connectivity index (χ0) is 23.9. The predicted molar refractivity (Wildman–Crippen MR) is 92.7 cm³/mol. The molecule has 1 fully saturated rings. The molecule has 0 amide bonds. The van der Waals surface area contributed by atoms with Crippen molar-refractivity contribution in [3.05, 3.63) is 35.9 Å². The van der Waals surface area contributed by atoms with E-state index in [9.17, 15) is 52.7 Å². The van der Waals surface area contributed by atoms with Crippen LogP contribution < -0.4 is 0 Å². The van der Waals surface area contributed by atoms with Gasteiger partial charge in [-0.15, -0.1) is 10.3 Å². The van der Waals surface area contributed by atoms with Crippen LogP contribution in [0.2, 0.25) is 0 Å². The van der Waals surface area contributed by atoms with E-state index in [1.807, 2.05) is 0 Å². The Morgan fingerprint density at radius 2 is 1.52 bits per heavy atom. The van der Waals surface area contributed by atoms with Crippen LogP contribution in [0, 0.1) is 0 Å². The molecule has 0 N–H and O–H groups in total. The highest BCUT2D eigenvalue weighted by Crippen LogP contribution is 2.69. The first-order chi connectivity index (χ1) is 14.0. The molecule has 2 unspecified atom stereocenters. The van der Waals surface area contributed by atoms with Crippen LogP contribution in [-0.2, 0) is 18.5 Å². The minimum atomic E-state index is -7.39. The monoisotopic (exact) mass is 506 g/mol. The molecule has 0 aliphatic carbocycles. The summed E-state index contributed by atoms with van der Waals surface area (Å²) in [4.78, 5) is 11.1. The summed E-state index contributed by atoms with van der Waals surface area (Å²) >= 11 is 0. The lowest BCUT2D eigenvalue weighted by Crippen LogP contribution is -2.63. The molecule has 0 radical (unpaired) electrons. The van der Waals surface area contributed by atoms with E-state index in [4.69, 9.17) is 0 Å². The molecule has 1 aromatic rings. The SMILES string of the molecule is O=CCS1(OS(=O)(=O)C(F)(F)C(F)(F)C(F)(F)C(F)(F)F)CCCC1c1ccccc1. The maximum absolute atomic E-state index is 14.1. The van der Waals surface area contributed by atoms with E-state index in [-0.39, 0.29) is 24.9 Å². The maximum atomic E-state index is 14.1. The molecular weight excluding hydrogens is 491 g/mol. The standard InChI is InChI=1S/C16H15F9O4S2/c17-13(18,15(21,22)23)14(19,20)16(24,25)31(27,28)29-30(10-8-26)9-4-7-12(30)11-5-2-1-3-6-11/h1-3,5-6,8,12H,4,7,9-10H2. The number of carbonyl (C=O) groups is 1. The molecule has 1 aliphatic rings. The molecule has 1 aliphatic heterocycles. The first-order valence-electron chi connectivity index (χ1n) is 8.39. The Morgan fingerprint density at radius 3 is 2.00 bits per heavy atom.